The number of rotatable bonds is 9. The van der Waals surface area contributed by atoms with Gasteiger partial charge in [-0.3, -0.25) is 9.59 Å². The Morgan fingerprint density at radius 3 is 2.42 bits per heavy atom. The lowest BCUT2D eigenvalue weighted by atomic mass is 9.88. The second-order valence-electron chi connectivity index (χ2n) is 8.83. The van der Waals surface area contributed by atoms with Crippen molar-refractivity contribution in [3.05, 3.63) is 30.1 Å². The van der Waals surface area contributed by atoms with Crippen LogP contribution >= 0.6 is 11.8 Å². The third kappa shape index (κ3) is 7.16. The van der Waals surface area contributed by atoms with Gasteiger partial charge in [0.25, 0.3) is 0 Å². The smallest absolute Gasteiger partial charge is 0.244 e. The molecular weight excluding hydrogens is 465 g/mol. The number of thioether (sulfide) groups is 1. The van der Waals surface area contributed by atoms with Crippen LogP contribution in [0.15, 0.2) is 29.2 Å². The highest BCUT2D eigenvalue weighted by Gasteiger charge is 2.33. The fourth-order valence-electron chi connectivity index (χ4n) is 4.53. The van der Waals surface area contributed by atoms with Crippen molar-refractivity contribution in [1.82, 2.24) is 14.9 Å². The number of likely N-dealkylation sites (tertiary alicyclic amines) is 1. The Morgan fingerprint density at radius 2 is 1.79 bits per heavy atom. The molecule has 0 radical (unpaired) electrons. The van der Waals surface area contributed by atoms with Crippen molar-refractivity contribution in [2.75, 3.05) is 25.1 Å². The van der Waals surface area contributed by atoms with Crippen molar-refractivity contribution >= 4 is 33.6 Å². The van der Waals surface area contributed by atoms with Gasteiger partial charge in [-0.15, -0.1) is 0 Å². The van der Waals surface area contributed by atoms with Crippen LogP contribution in [0.3, 0.4) is 0 Å². The summed E-state index contributed by atoms with van der Waals surface area (Å²) in [5.74, 6) is -0.349. The topological polar surface area (TPSA) is 95.6 Å². The molecule has 0 aromatic heterocycles. The Hall–Kier alpha value is -1.65. The lowest BCUT2D eigenvalue weighted by Gasteiger charge is -2.35. The van der Waals surface area contributed by atoms with Crippen LogP contribution in [0.4, 0.5) is 4.39 Å². The number of carbonyl (C=O) groups is 2. The SMILES string of the molecule is CSCCC(NS(=O)(=O)c1ccccc1F)C(=O)N1CCC(NC(=O)C2CCCCC2)CC1. The molecular formula is C23H34FN3O4S2. The first-order chi connectivity index (χ1) is 15.8. The number of piperidine rings is 1. The first-order valence-electron chi connectivity index (χ1n) is 11.7. The van der Waals surface area contributed by atoms with Crippen molar-refractivity contribution in [1.29, 1.82) is 0 Å². The molecule has 1 aromatic rings. The predicted octanol–water partition coefficient (Wildman–Crippen LogP) is 2.91. The van der Waals surface area contributed by atoms with Crippen molar-refractivity contribution in [3.63, 3.8) is 0 Å². The molecule has 2 aliphatic rings. The maximum Gasteiger partial charge on any atom is 0.244 e. The minimum absolute atomic E-state index is 0.0308. The zero-order valence-electron chi connectivity index (χ0n) is 19.1. The van der Waals surface area contributed by atoms with Crippen LogP contribution in [0.25, 0.3) is 0 Å². The van der Waals surface area contributed by atoms with Gasteiger partial charge in [0.1, 0.15) is 16.8 Å². The molecule has 7 nitrogen and oxygen atoms in total. The fourth-order valence-corrected chi connectivity index (χ4v) is 6.30. The quantitative estimate of drug-likeness (QED) is 0.545. The second kappa shape index (κ2) is 12.2. The molecule has 1 saturated carbocycles. The summed E-state index contributed by atoms with van der Waals surface area (Å²) in [5.41, 5.74) is 0. The molecule has 10 heteroatoms. The van der Waals surface area contributed by atoms with Crippen LogP contribution in [0.5, 0.6) is 0 Å². The molecule has 2 amide bonds. The summed E-state index contributed by atoms with van der Waals surface area (Å²) < 4.78 is 42.0. The van der Waals surface area contributed by atoms with Crippen LogP contribution in [0.1, 0.15) is 51.4 Å². The molecule has 33 heavy (non-hydrogen) atoms. The van der Waals surface area contributed by atoms with Gasteiger partial charge in [0.2, 0.25) is 21.8 Å². The van der Waals surface area contributed by atoms with E-state index < -0.39 is 26.8 Å². The Balaban J connectivity index is 1.58. The van der Waals surface area contributed by atoms with E-state index in [0.29, 0.717) is 38.1 Å². The average molecular weight is 500 g/mol. The van der Waals surface area contributed by atoms with E-state index in [0.717, 1.165) is 31.7 Å². The summed E-state index contributed by atoms with van der Waals surface area (Å²) in [6.45, 7) is 0.900. The molecule has 184 valence electrons. The molecule has 0 bridgehead atoms. The van der Waals surface area contributed by atoms with Gasteiger partial charge < -0.3 is 10.2 Å². The molecule has 1 atom stereocenters. The molecule has 1 aromatic carbocycles. The van der Waals surface area contributed by atoms with Gasteiger partial charge in [0, 0.05) is 25.0 Å². The maximum absolute atomic E-state index is 14.1. The van der Waals surface area contributed by atoms with E-state index in [9.17, 15) is 22.4 Å². The normalized spacial score (nSPS) is 19.3. The van der Waals surface area contributed by atoms with E-state index in [2.05, 4.69) is 10.0 Å². The van der Waals surface area contributed by atoms with Crippen LogP contribution in [-0.2, 0) is 19.6 Å². The minimum atomic E-state index is -4.18. The minimum Gasteiger partial charge on any atom is -0.353 e. The van der Waals surface area contributed by atoms with Gasteiger partial charge >= 0.3 is 0 Å². The van der Waals surface area contributed by atoms with E-state index in [-0.39, 0.29) is 23.8 Å². The standard InChI is InChI=1S/C23H34FN3O4S2/c1-32-16-13-20(26-33(30,31)21-10-6-5-9-19(21)24)23(29)27-14-11-18(12-15-27)25-22(28)17-7-3-2-4-8-17/h5-6,9-10,17-18,20,26H,2-4,7-8,11-16H2,1H3,(H,25,28). The third-order valence-electron chi connectivity index (χ3n) is 6.46. The monoisotopic (exact) mass is 499 g/mol. The van der Waals surface area contributed by atoms with Gasteiger partial charge in [-0.2, -0.15) is 16.5 Å². The molecule has 1 saturated heterocycles. The van der Waals surface area contributed by atoms with Crippen molar-refractivity contribution in [3.8, 4) is 0 Å². The van der Waals surface area contributed by atoms with E-state index in [1.54, 1.807) is 4.90 Å². The number of hydrogen-bond donors (Lipinski definition) is 2. The Morgan fingerprint density at radius 1 is 1.12 bits per heavy atom. The lowest BCUT2D eigenvalue weighted by molar-refractivity contribution is -0.134. The van der Waals surface area contributed by atoms with Gasteiger partial charge in [-0.1, -0.05) is 31.4 Å². The first kappa shape index (κ1) is 26.0. The Labute approximate surface area is 200 Å². The number of amides is 2. The van der Waals surface area contributed by atoms with Crippen molar-refractivity contribution < 1.29 is 22.4 Å². The number of nitrogens with zero attached hydrogens (tertiary/aromatic N) is 1. The summed E-state index contributed by atoms with van der Waals surface area (Å²) in [5, 5.41) is 3.14. The number of nitrogens with one attached hydrogen (secondary N) is 2. The average Bonchev–Trinajstić information content (AvgIpc) is 2.82. The molecule has 1 aliphatic heterocycles. The highest BCUT2D eigenvalue weighted by Crippen LogP contribution is 2.24. The zero-order valence-corrected chi connectivity index (χ0v) is 20.7. The van der Waals surface area contributed by atoms with Crippen molar-refractivity contribution in [2.24, 2.45) is 5.92 Å². The number of sulfonamides is 1. The number of halogens is 1. The van der Waals surface area contributed by atoms with Gasteiger partial charge in [-0.25, -0.2) is 12.8 Å². The summed E-state index contributed by atoms with van der Waals surface area (Å²) >= 11 is 1.51. The van der Waals surface area contributed by atoms with Crippen LogP contribution in [-0.4, -0.2) is 62.3 Å². The van der Waals surface area contributed by atoms with E-state index >= 15 is 0 Å². The fraction of sp³-hybridized carbons (Fsp3) is 0.652. The van der Waals surface area contributed by atoms with E-state index in [4.69, 9.17) is 0 Å². The zero-order chi connectivity index (χ0) is 23.8. The van der Waals surface area contributed by atoms with Crippen molar-refractivity contribution in [2.45, 2.75) is 68.3 Å². The Bertz CT molecular complexity index is 914. The maximum atomic E-state index is 14.1. The summed E-state index contributed by atoms with van der Waals surface area (Å²) in [6, 6.07) is 4.21. The number of hydrogen-bond acceptors (Lipinski definition) is 5. The largest absolute Gasteiger partial charge is 0.353 e. The lowest BCUT2D eigenvalue weighted by Crippen LogP contribution is -2.53. The van der Waals surface area contributed by atoms with Gasteiger partial charge in [0.05, 0.1) is 0 Å². The molecule has 1 heterocycles. The van der Waals surface area contributed by atoms with Crippen LogP contribution < -0.4 is 10.0 Å². The highest BCUT2D eigenvalue weighted by molar-refractivity contribution is 7.98. The first-order valence-corrected chi connectivity index (χ1v) is 14.5. The molecule has 1 aliphatic carbocycles. The number of carbonyl (C=O) groups excluding carboxylic acids is 2. The van der Waals surface area contributed by atoms with Gasteiger partial charge in [0.15, 0.2) is 0 Å². The number of benzene rings is 1. The second-order valence-corrected chi connectivity index (χ2v) is 11.5. The summed E-state index contributed by atoms with van der Waals surface area (Å²) in [6.07, 6.45) is 8.77. The van der Waals surface area contributed by atoms with E-state index in [1.165, 1.54) is 36.4 Å². The predicted molar refractivity (Wildman–Crippen MR) is 128 cm³/mol. The third-order valence-corrected chi connectivity index (χ3v) is 8.61. The molecule has 0 spiro atoms. The van der Waals surface area contributed by atoms with Crippen LogP contribution in [0, 0.1) is 11.7 Å². The molecule has 3 rings (SSSR count). The summed E-state index contributed by atoms with van der Waals surface area (Å²) in [4.78, 5) is 26.9. The highest BCUT2D eigenvalue weighted by atomic mass is 32.2. The van der Waals surface area contributed by atoms with Gasteiger partial charge in [-0.05, 0) is 56.2 Å². The molecule has 1 unspecified atom stereocenters. The Kier molecular flexibility index (Phi) is 9.57. The van der Waals surface area contributed by atoms with Crippen LogP contribution in [0.2, 0.25) is 0 Å². The molecule has 2 fully saturated rings. The van der Waals surface area contributed by atoms with E-state index in [1.807, 2.05) is 6.26 Å². The summed E-state index contributed by atoms with van der Waals surface area (Å²) in [7, 11) is -4.18. The molecule has 2 N–H and O–H groups in total.